The molecule has 0 atom stereocenters. The SMILES string of the molecule is NC(=O)c1[nH]c2c(OCCN3C=COCC3)cccc2c1-c1ccc(NC(=O)Nc2cc(C(F)(F)F)ccc2F)cc1. The van der Waals surface area contributed by atoms with Crippen LogP contribution in [0.3, 0.4) is 0 Å². The molecule has 0 bridgehead atoms. The minimum absolute atomic E-state index is 0.163. The van der Waals surface area contributed by atoms with Crippen LogP contribution in [0.1, 0.15) is 16.1 Å². The molecule has 1 aromatic heterocycles. The van der Waals surface area contributed by atoms with Crippen LogP contribution in [-0.2, 0) is 10.9 Å². The fourth-order valence-electron chi connectivity index (χ4n) is 4.50. The predicted molar refractivity (Wildman–Crippen MR) is 148 cm³/mol. The van der Waals surface area contributed by atoms with Crippen LogP contribution in [0.5, 0.6) is 5.75 Å². The molecule has 0 radical (unpaired) electrons. The van der Waals surface area contributed by atoms with Gasteiger partial charge in [0.15, 0.2) is 0 Å². The number of amides is 3. The van der Waals surface area contributed by atoms with Gasteiger partial charge in [-0.25, -0.2) is 9.18 Å². The van der Waals surface area contributed by atoms with E-state index in [1.165, 1.54) is 12.1 Å². The number of primary amides is 1. The molecule has 4 aromatic rings. The number of halogens is 4. The summed E-state index contributed by atoms with van der Waals surface area (Å²) in [6, 6.07) is 12.5. The van der Waals surface area contributed by atoms with Gasteiger partial charge in [-0.3, -0.25) is 4.79 Å². The number of aromatic amines is 1. The van der Waals surface area contributed by atoms with Gasteiger partial charge in [0, 0.05) is 22.8 Å². The maximum absolute atomic E-state index is 14.0. The van der Waals surface area contributed by atoms with Crippen molar-refractivity contribution in [1.82, 2.24) is 9.88 Å². The maximum Gasteiger partial charge on any atom is 0.416 e. The minimum atomic E-state index is -4.70. The molecule has 2 heterocycles. The summed E-state index contributed by atoms with van der Waals surface area (Å²) in [5.74, 6) is -1.17. The van der Waals surface area contributed by atoms with Crippen LogP contribution >= 0.6 is 0 Å². The second kappa shape index (κ2) is 11.7. The molecule has 42 heavy (non-hydrogen) atoms. The second-order valence-corrected chi connectivity index (χ2v) is 9.31. The number of carbonyl (C=O) groups excluding carboxylic acids is 2. The number of anilines is 2. The van der Waals surface area contributed by atoms with Gasteiger partial charge in [-0.1, -0.05) is 24.3 Å². The topological polar surface area (TPSA) is 122 Å². The van der Waals surface area contributed by atoms with Gasteiger partial charge in [0.25, 0.3) is 5.91 Å². The molecule has 5 rings (SSSR count). The molecule has 0 aliphatic carbocycles. The standard InChI is InChI=1S/C29H25F4N5O4/c30-21-9-6-18(29(31,32)33)16-22(21)36-28(40)35-19-7-4-17(5-8-19)24-20-2-1-3-23(25(20)37-26(24)27(34)39)42-15-12-38-10-13-41-14-11-38/h1-10,13,16,37H,11-12,14-15H2,(H2,34,39)(H2,35,36,40). The van der Waals surface area contributed by atoms with Crippen LogP contribution in [0, 0.1) is 5.82 Å². The fraction of sp³-hybridized carbons (Fsp3) is 0.172. The van der Waals surface area contributed by atoms with Crippen molar-refractivity contribution in [3.8, 4) is 16.9 Å². The van der Waals surface area contributed by atoms with Crippen molar-refractivity contribution >= 4 is 34.2 Å². The van der Waals surface area contributed by atoms with Crippen LogP contribution < -0.4 is 21.1 Å². The van der Waals surface area contributed by atoms with E-state index < -0.39 is 35.2 Å². The Bertz CT molecular complexity index is 1650. The second-order valence-electron chi connectivity index (χ2n) is 9.31. The van der Waals surface area contributed by atoms with E-state index in [2.05, 4.69) is 20.5 Å². The molecular formula is C29H25F4N5O4. The zero-order chi connectivity index (χ0) is 29.9. The third kappa shape index (κ3) is 6.24. The molecule has 5 N–H and O–H groups in total. The largest absolute Gasteiger partial charge is 0.498 e. The molecule has 0 spiro atoms. The van der Waals surface area contributed by atoms with Gasteiger partial charge in [0.1, 0.15) is 30.5 Å². The van der Waals surface area contributed by atoms with Gasteiger partial charge in [-0.15, -0.1) is 0 Å². The normalized spacial score (nSPS) is 13.1. The Labute approximate surface area is 236 Å². The summed E-state index contributed by atoms with van der Waals surface area (Å²) >= 11 is 0. The molecule has 218 valence electrons. The molecular weight excluding hydrogens is 558 g/mol. The van der Waals surface area contributed by atoms with Crippen molar-refractivity contribution in [3.05, 3.63) is 90.2 Å². The van der Waals surface area contributed by atoms with Crippen LogP contribution in [-0.4, -0.2) is 48.1 Å². The highest BCUT2D eigenvalue weighted by Gasteiger charge is 2.31. The van der Waals surface area contributed by atoms with Gasteiger partial charge in [-0.05, 0) is 42.0 Å². The van der Waals surface area contributed by atoms with Crippen molar-refractivity contribution in [3.63, 3.8) is 0 Å². The van der Waals surface area contributed by atoms with E-state index >= 15 is 0 Å². The Morgan fingerprint density at radius 2 is 1.86 bits per heavy atom. The number of carbonyl (C=O) groups is 2. The van der Waals surface area contributed by atoms with Gasteiger partial charge < -0.3 is 35.7 Å². The lowest BCUT2D eigenvalue weighted by Crippen LogP contribution is -2.29. The number of ether oxygens (including phenoxy) is 2. The van der Waals surface area contributed by atoms with Crippen molar-refractivity contribution in [2.24, 2.45) is 5.73 Å². The molecule has 3 amide bonds. The molecule has 0 fully saturated rings. The Morgan fingerprint density at radius 1 is 1.07 bits per heavy atom. The lowest BCUT2D eigenvalue weighted by Gasteiger charge is -2.23. The highest BCUT2D eigenvalue weighted by atomic mass is 19.4. The number of alkyl halides is 3. The first-order chi connectivity index (χ1) is 20.1. The van der Waals surface area contributed by atoms with E-state index in [1.807, 2.05) is 12.3 Å². The number of H-pyrrole nitrogens is 1. The molecule has 0 saturated carbocycles. The number of urea groups is 1. The minimum Gasteiger partial charge on any atom is -0.498 e. The lowest BCUT2D eigenvalue weighted by molar-refractivity contribution is -0.137. The molecule has 9 nitrogen and oxygen atoms in total. The zero-order valence-corrected chi connectivity index (χ0v) is 21.9. The third-order valence-corrected chi connectivity index (χ3v) is 6.52. The van der Waals surface area contributed by atoms with Crippen molar-refractivity contribution in [1.29, 1.82) is 0 Å². The number of para-hydroxylation sites is 1. The number of nitrogens with zero attached hydrogens (tertiary/aromatic N) is 1. The Morgan fingerprint density at radius 3 is 2.55 bits per heavy atom. The van der Waals surface area contributed by atoms with Gasteiger partial charge in [0.2, 0.25) is 0 Å². The quantitative estimate of drug-likeness (QED) is 0.192. The number of benzene rings is 3. The van der Waals surface area contributed by atoms with E-state index in [4.69, 9.17) is 15.2 Å². The average molecular weight is 584 g/mol. The van der Waals surface area contributed by atoms with Crippen LogP contribution in [0.15, 0.2) is 73.1 Å². The summed E-state index contributed by atoms with van der Waals surface area (Å²) in [5, 5.41) is 5.22. The van der Waals surface area contributed by atoms with Gasteiger partial charge >= 0.3 is 12.2 Å². The maximum atomic E-state index is 14.0. The first-order valence-corrected chi connectivity index (χ1v) is 12.7. The number of hydrogen-bond acceptors (Lipinski definition) is 5. The fourth-order valence-corrected chi connectivity index (χ4v) is 4.50. The van der Waals surface area contributed by atoms with E-state index in [0.29, 0.717) is 65.7 Å². The van der Waals surface area contributed by atoms with Gasteiger partial charge in [0.05, 0.1) is 36.1 Å². The summed E-state index contributed by atoms with van der Waals surface area (Å²) in [7, 11) is 0. The first-order valence-electron chi connectivity index (χ1n) is 12.7. The van der Waals surface area contributed by atoms with Crippen molar-refractivity contribution in [2.75, 3.05) is 36.9 Å². The smallest absolute Gasteiger partial charge is 0.416 e. The number of hydrogen-bond donors (Lipinski definition) is 4. The number of nitrogens with two attached hydrogens (primary N) is 1. The van der Waals surface area contributed by atoms with Crippen molar-refractivity contribution in [2.45, 2.75) is 6.18 Å². The Balaban J connectivity index is 1.33. The van der Waals surface area contributed by atoms with Crippen LogP contribution in [0.25, 0.3) is 22.0 Å². The van der Waals surface area contributed by atoms with Gasteiger partial charge in [-0.2, -0.15) is 13.2 Å². The summed E-state index contributed by atoms with van der Waals surface area (Å²) in [4.78, 5) is 29.9. The highest BCUT2D eigenvalue weighted by Crippen LogP contribution is 2.37. The molecule has 3 aromatic carbocycles. The number of aromatic nitrogens is 1. The summed E-state index contributed by atoms with van der Waals surface area (Å²) < 4.78 is 64.1. The zero-order valence-electron chi connectivity index (χ0n) is 21.9. The average Bonchev–Trinajstić information content (AvgIpc) is 3.36. The first kappa shape index (κ1) is 28.3. The van der Waals surface area contributed by atoms with E-state index in [0.717, 1.165) is 6.54 Å². The number of fused-ring (bicyclic) bond motifs is 1. The van der Waals surface area contributed by atoms with Crippen LogP contribution in [0.4, 0.5) is 33.7 Å². The molecule has 1 aliphatic heterocycles. The monoisotopic (exact) mass is 583 g/mol. The van der Waals surface area contributed by atoms with Crippen LogP contribution in [0.2, 0.25) is 0 Å². The van der Waals surface area contributed by atoms with E-state index in [-0.39, 0.29) is 11.4 Å². The lowest BCUT2D eigenvalue weighted by atomic mass is 10.0. The third-order valence-electron chi connectivity index (χ3n) is 6.52. The number of rotatable bonds is 8. The molecule has 0 saturated heterocycles. The molecule has 13 heteroatoms. The summed E-state index contributed by atoms with van der Waals surface area (Å²) in [6.45, 7) is 2.37. The Hall–Kier alpha value is -5.20. The summed E-state index contributed by atoms with van der Waals surface area (Å²) in [5.41, 5.74) is 6.10. The highest BCUT2D eigenvalue weighted by molar-refractivity contribution is 6.10. The van der Waals surface area contributed by atoms with E-state index in [1.54, 1.807) is 30.5 Å². The number of nitrogens with one attached hydrogen (secondary N) is 3. The predicted octanol–water partition coefficient (Wildman–Crippen LogP) is 5.92. The molecule has 1 aliphatic rings. The molecule has 0 unspecified atom stereocenters. The Kier molecular flexibility index (Phi) is 7.91. The van der Waals surface area contributed by atoms with Crippen molar-refractivity contribution < 1.29 is 36.6 Å². The van der Waals surface area contributed by atoms with E-state index in [9.17, 15) is 27.2 Å². The summed E-state index contributed by atoms with van der Waals surface area (Å²) in [6.07, 6.45) is -1.23.